The molecule has 3 aromatic rings. The number of hydrogen-bond donors (Lipinski definition) is 1. The zero-order chi connectivity index (χ0) is 22.6. The summed E-state index contributed by atoms with van der Waals surface area (Å²) in [5.74, 6) is -0.371. The second kappa shape index (κ2) is 9.35. The third-order valence-electron chi connectivity index (χ3n) is 5.17. The maximum absolute atomic E-state index is 13.4. The number of sulfonamides is 1. The number of hydrogen-bond acceptors (Lipinski definition) is 3. The highest BCUT2D eigenvalue weighted by Crippen LogP contribution is 2.24. The van der Waals surface area contributed by atoms with Crippen molar-refractivity contribution in [1.82, 2.24) is 5.32 Å². The van der Waals surface area contributed by atoms with Crippen LogP contribution in [0.25, 0.3) is 0 Å². The summed E-state index contributed by atoms with van der Waals surface area (Å²) in [6, 6.07) is 21.4. The van der Waals surface area contributed by atoms with Gasteiger partial charge in [-0.1, -0.05) is 65.2 Å². The predicted octanol–water partition coefficient (Wildman–Crippen LogP) is 4.68. The van der Waals surface area contributed by atoms with E-state index in [1.807, 2.05) is 64.1 Å². The van der Waals surface area contributed by atoms with Crippen LogP contribution in [0.3, 0.4) is 0 Å². The summed E-state index contributed by atoms with van der Waals surface area (Å²) in [7, 11) is -3.91. The lowest BCUT2D eigenvalue weighted by Gasteiger charge is -2.25. The Kier molecular flexibility index (Phi) is 6.81. The number of rotatable bonds is 7. The molecule has 0 saturated heterocycles. The van der Waals surface area contributed by atoms with Crippen LogP contribution >= 0.6 is 0 Å². The monoisotopic (exact) mass is 436 g/mol. The Balaban J connectivity index is 1.87. The average Bonchev–Trinajstić information content (AvgIpc) is 2.73. The molecule has 3 rings (SSSR count). The fraction of sp³-hybridized carbons (Fsp3) is 0.240. The van der Waals surface area contributed by atoms with Crippen molar-refractivity contribution in [3.63, 3.8) is 0 Å². The molecule has 0 spiro atoms. The van der Waals surface area contributed by atoms with Gasteiger partial charge in [-0.15, -0.1) is 0 Å². The lowest BCUT2D eigenvalue weighted by Crippen LogP contribution is -2.41. The minimum absolute atomic E-state index is 0.151. The molecule has 6 heteroatoms. The molecule has 162 valence electrons. The Morgan fingerprint density at radius 3 is 1.77 bits per heavy atom. The first-order valence-electron chi connectivity index (χ1n) is 10.2. The first kappa shape index (κ1) is 22.6. The molecule has 31 heavy (non-hydrogen) atoms. The molecule has 0 bridgehead atoms. The van der Waals surface area contributed by atoms with Gasteiger partial charge in [-0.3, -0.25) is 9.10 Å². The molecule has 0 radical (unpaired) electrons. The highest BCUT2D eigenvalue weighted by atomic mass is 32.2. The van der Waals surface area contributed by atoms with Crippen LogP contribution in [0.5, 0.6) is 0 Å². The number of aryl methyl sites for hydroxylation is 3. The normalized spacial score (nSPS) is 12.3. The van der Waals surface area contributed by atoms with Crippen molar-refractivity contribution in [3.05, 3.63) is 95.1 Å². The number of carbonyl (C=O) groups is 1. The van der Waals surface area contributed by atoms with Gasteiger partial charge in [0.05, 0.1) is 16.6 Å². The highest BCUT2D eigenvalue weighted by molar-refractivity contribution is 7.92. The molecular formula is C25H28N2O3S. The van der Waals surface area contributed by atoms with Crippen molar-refractivity contribution in [2.75, 3.05) is 10.8 Å². The van der Waals surface area contributed by atoms with E-state index in [1.54, 1.807) is 36.4 Å². The topological polar surface area (TPSA) is 66.5 Å². The Morgan fingerprint density at radius 1 is 0.806 bits per heavy atom. The summed E-state index contributed by atoms with van der Waals surface area (Å²) in [5, 5.41) is 2.91. The molecule has 0 aliphatic carbocycles. The molecule has 0 saturated carbocycles. The molecule has 0 heterocycles. The van der Waals surface area contributed by atoms with Crippen molar-refractivity contribution in [2.45, 2.75) is 38.6 Å². The van der Waals surface area contributed by atoms with Crippen LogP contribution in [0.2, 0.25) is 0 Å². The summed E-state index contributed by atoms with van der Waals surface area (Å²) < 4.78 is 28.0. The zero-order valence-electron chi connectivity index (χ0n) is 18.3. The Morgan fingerprint density at radius 2 is 1.26 bits per heavy atom. The molecule has 5 nitrogen and oxygen atoms in total. The van der Waals surface area contributed by atoms with Crippen molar-refractivity contribution >= 4 is 21.6 Å². The minimum atomic E-state index is -3.91. The quantitative estimate of drug-likeness (QED) is 0.585. The predicted molar refractivity (Wildman–Crippen MR) is 125 cm³/mol. The number of nitrogens with zero attached hydrogens (tertiary/aromatic N) is 1. The van der Waals surface area contributed by atoms with Gasteiger partial charge in [-0.25, -0.2) is 8.42 Å². The largest absolute Gasteiger partial charge is 0.348 e. The number of benzene rings is 3. The first-order valence-corrected chi connectivity index (χ1v) is 11.6. The molecule has 1 amide bonds. The van der Waals surface area contributed by atoms with Crippen LogP contribution in [-0.4, -0.2) is 20.9 Å². The third kappa shape index (κ3) is 5.52. The SMILES string of the molecule is Cc1ccc(C(C)NC(=O)CN(c2ccc(C)cc2)S(=O)(=O)c2ccc(C)cc2)cc1. The number of carbonyl (C=O) groups excluding carboxylic acids is 1. The van der Waals surface area contributed by atoms with Crippen molar-refractivity contribution in [2.24, 2.45) is 0 Å². The van der Waals surface area contributed by atoms with E-state index < -0.39 is 10.0 Å². The van der Waals surface area contributed by atoms with E-state index in [2.05, 4.69) is 5.32 Å². The Labute approximate surface area is 184 Å². The molecule has 0 fully saturated rings. The second-order valence-corrected chi connectivity index (χ2v) is 9.72. The maximum atomic E-state index is 13.4. The average molecular weight is 437 g/mol. The third-order valence-corrected chi connectivity index (χ3v) is 6.96. The molecule has 0 aliphatic heterocycles. The van der Waals surface area contributed by atoms with E-state index in [9.17, 15) is 13.2 Å². The smallest absolute Gasteiger partial charge is 0.264 e. The number of anilines is 1. The van der Waals surface area contributed by atoms with Gasteiger partial charge in [0, 0.05) is 0 Å². The zero-order valence-corrected chi connectivity index (χ0v) is 19.1. The van der Waals surface area contributed by atoms with Crippen LogP contribution in [0.1, 0.15) is 35.2 Å². The van der Waals surface area contributed by atoms with Crippen LogP contribution in [0.15, 0.2) is 77.7 Å². The summed E-state index contributed by atoms with van der Waals surface area (Å²) in [5.41, 5.74) is 4.52. The number of amides is 1. The summed E-state index contributed by atoms with van der Waals surface area (Å²) in [6.45, 7) is 7.40. The number of nitrogens with one attached hydrogen (secondary N) is 1. The fourth-order valence-corrected chi connectivity index (χ4v) is 4.64. The van der Waals surface area contributed by atoms with Gasteiger partial charge in [-0.05, 0) is 57.5 Å². The lowest BCUT2D eigenvalue weighted by atomic mass is 10.1. The van der Waals surface area contributed by atoms with Crippen LogP contribution < -0.4 is 9.62 Å². The van der Waals surface area contributed by atoms with E-state index >= 15 is 0 Å². The molecular weight excluding hydrogens is 408 g/mol. The lowest BCUT2D eigenvalue weighted by molar-refractivity contribution is -0.120. The van der Waals surface area contributed by atoms with E-state index in [1.165, 1.54) is 0 Å². The van der Waals surface area contributed by atoms with E-state index in [0.29, 0.717) is 5.69 Å². The van der Waals surface area contributed by atoms with Gasteiger partial charge in [0.2, 0.25) is 5.91 Å². The van der Waals surface area contributed by atoms with Crippen molar-refractivity contribution < 1.29 is 13.2 Å². The summed E-state index contributed by atoms with van der Waals surface area (Å²) >= 11 is 0. The van der Waals surface area contributed by atoms with Gasteiger partial charge in [-0.2, -0.15) is 0 Å². The summed E-state index contributed by atoms with van der Waals surface area (Å²) in [6.07, 6.45) is 0. The Hall–Kier alpha value is -3.12. The van der Waals surface area contributed by atoms with E-state index in [-0.39, 0.29) is 23.4 Å². The van der Waals surface area contributed by atoms with E-state index in [0.717, 1.165) is 26.6 Å². The highest BCUT2D eigenvalue weighted by Gasteiger charge is 2.27. The van der Waals surface area contributed by atoms with Gasteiger partial charge in [0.1, 0.15) is 6.54 Å². The van der Waals surface area contributed by atoms with Crippen molar-refractivity contribution in [1.29, 1.82) is 0 Å². The molecule has 1 N–H and O–H groups in total. The molecule has 0 aliphatic rings. The van der Waals surface area contributed by atoms with Gasteiger partial charge in [0.25, 0.3) is 10.0 Å². The maximum Gasteiger partial charge on any atom is 0.264 e. The van der Waals surface area contributed by atoms with Gasteiger partial charge in [0.15, 0.2) is 0 Å². The van der Waals surface area contributed by atoms with Gasteiger partial charge >= 0.3 is 0 Å². The molecule has 0 aromatic heterocycles. The Bertz CT molecular complexity index is 1140. The fourth-order valence-electron chi connectivity index (χ4n) is 3.22. The van der Waals surface area contributed by atoms with Gasteiger partial charge < -0.3 is 5.32 Å². The molecule has 1 unspecified atom stereocenters. The van der Waals surface area contributed by atoms with E-state index in [4.69, 9.17) is 0 Å². The minimum Gasteiger partial charge on any atom is -0.348 e. The first-order chi connectivity index (χ1) is 14.7. The van der Waals surface area contributed by atoms with Crippen molar-refractivity contribution in [3.8, 4) is 0 Å². The standard InChI is InChI=1S/C25H28N2O3S/c1-18-5-11-22(12-6-18)21(4)26-25(28)17-27(23-13-7-19(2)8-14-23)31(29,30)24-15-9-20(3)10-16-24/h5-16,21H,17H2,1-4H3,(H,26,28). The summed E-state index contributed by atoms with van der Waals surface area (Å²) in [4.78, 5) is 13.0. The second-order valence-electron chi connectivity index (χ2n) is 7.86. The van der Waals surface area contributed by atoms with Crippen LogP contribution in [0.4, 0.5) is 5.69 Å². The van der Waals surface area contributed by atoms with Crippen LogP contribution in [-0.2, 0) is 14.8 Å². The van der Waals surface area contributed by atoms with Crippen LogP contribution in [0, 0.1) is 20.8 Å². The molecule has 3 aromatic carbocycles. The molecule has 1 atom stereocenters.